The molecule has 0 unspecified atom stereocenters. The molecule has 0 aromatic heterocycles. The molecule has 0 radical (unpaired) electrons. The maximum atomic E-state index is 13.6. The zero-order valence-electron chi connectivity index (χ0n) is 9.05. The molecular weight excluding hydrogens is 233 g/mol. The summed E-state index contributed by atoms with van der Waals surface area (Å²) in [5.41, 5.74) is -0.248. The van der Waals surface area contributed by atoms with Gasteiger partial charge in [-0.05, 0) is 23.8 Å². The highest BCUT2D eigenvalue weighted by Gasteiger charge is 2.25. The number of nitrogens with one attached hydrogen (secondary N) is 1. The van der Waals surface area contributed by atoms with Gasteiger partial charge in [0.25, 0.3) is 0 Å². The molecule has 0 bridgehead atoms. The smallest absolute Gasteiger partial charge is 0.404 e. The molecular formula is C11H13ClFNO2. The highest BCUT2D eigenvalue weighted by atomic mass is 35.5. The van der Waals surface area contributed by atoms with Crippen molar-refractivity contribution in [2.24, 2.45) is 0 Å². The predicted octanol–water partition coefficient (Wildman–Crippen LogP) is 3.02. The van der Waals surface area contributed by atoms with E-state index in [9.17, 15) is 9.18 Å². The van der Waals surface area contributed by atoms with Gasteiger partial charge in [0, 0.05) is 17.0 Å². The van der Waals surface area contributed by atoms with E-state index >= 15 is 0 Å². The highest BCUT2D eigenvalue weighted by Crippen LogP contribution is 2.27. The molecule has 0 atom stereocenters. The Morgan fingerprint density at radius 2 is 2.19 bits per heavy atom. The third-order valence-electron chi connectivity index (χ3n) is 2.34. The lowest BCUT2D eigenvalue weighted by Gasteiger charge is -2.25. The lowest BCUT2D eigenvalue weighted by Crippen LogP contribution is -2.36. The lowest BCUT2D eigenvalue weighted by atomic mass is 9.84. The van der Waals surface area contributed by atoms with E-state index in [2.05, 4.69) is 5.32 Å². The second-order valence-corrected chi connectivity index (χ2v) is 4.60. The largest absolute Gasteiger partial charge is 0.465 e. The van der Waals surface area contributed by atoms with Crippen LogP contribution in [0.1, 0.15) is 19.4 Å². The van der Waals surface area contributed by atoms with Gasteiger partial charge < -0.3 is 10.4 Å². The summed E-state index contributed by atoms with van der Waals surface area (Å²) in [6.45, 7) is 3.62. The zero-order valence-corrected chi connectivity index (χ0v) is 9.81. The van der Waals surface area contributed by atoms with Gasteiger partial charge in [-0.3, -0.25) is 0 Å². The molecule has 1 aromatic rings. The summed E-state index contributed by atoms with van der Waals surface area (Å²) in [7, 11) is 0. The average molecular weight is 246 g/mol. The summed E-state index contributed by atoms with van der Waals surface area (Å²) in [5, 5.41) is 11.2. The third kappa shape index (κ3) is 3.10. The van der Waals surface area contributed by atoms with E-state index in [1.165, 1.54) is 18.2 Å². The fourth-order valence-electron chi connectivity index (χ4n) is 1.41. The molecule has 5 heteroatoms. The summed E-state index contributed by atoms with van der Waals surface area (Å²) >= 11 is 5.78. The topological polar surface area (TPSA) is 49.3 Å². The molecule has 1 aromatic carbocycles. The van der Waals surface area contributed by atoms with Crippen LogP contribution in [-0.2, 0) is 5.41 Å². The number of carboxylic acid groups (broad SMARTS) is 1. The number of hydrogen-bond acceptors (Lipinski definition) is 1. The Kier molecular flexibility index (Phi) is 3.75. The van der Waals surface area contributed by atoms with Crippen LogP contribution in [0.5, 0.6) is 0 Å². The van der Waals surface area contributed by atoms with Crippen molar-refractivity contribution < 1.29 is 14.3 Å². The standard InChI is InChI=1S/C11H13ClFNO2/c1-11(2,6-14-10(15)16)8-5-7(12)3-4-9(8)13/h3-5,14H,6H2,1-2H3,(H,15,16). The van der Waals surface area contributed by atoms with Crippen LogP contribution in [0.15, 0.2) is 18.2 Å². The number of carbonyl (C=O) groups is 1. The van der Waals surface area contributed by atoms with Crippen LogP contribution in [0.2, 0.25) is 5.02 Å². The third-order valence-corrected chi connectivity index (χ3v) is 2.57. The van der Waals surface area contributed by atoms with E-state index in [1.54, 1.807) is 13.8 Å². The van der Waals surface area contributed by atoms with E-state index in [4.69, 9.17) is 16.7 Å². The van der Waals surface area contributed by atoms with Crippen molar-refractivity contribution >= 4 is 17.7 Å². The van der Waals surface area contributed by atoms with Gasteiger partial charge in [0.1, 0.15) is 5.82 Å². The first-order chi connectivity index (χ1) is 7.33. The van der Waals surface area contributed by atoms with Gasteiger partial charge >= 0.3 is 6.09 Å². The van der Waals surface area contributed by atoms with Crippen molar-refractivity contribution in [1.82, 2.24) is 5.32 Å². The average Bonchev–Trinajstić information content (AvgIpc) is 2.19. The van der Waals surface area contributed by atoms with Crippen molar-refractivity contribution in [3.05, 3.63) is 34.6 Å². The molecule has 0 spiro atoms. The van der Waals surface area contributed by atoms with Gasteiger partial charge in [-0.2, -0.15) is 0 Å². The number of amides is 1. The van der Waals surface area contributed by atoms with Gasteiger partial charge in [0.2, 0.25) is 0 Å². The Labute approximate surface area is 98.2 Å². The Hall–Kier alpha value is -1.29. The van der Waals surface area contributed by atoms with E-state index < -0.39 is 11.5 Å². The van der Waals surface area contributed by atoms with Crippen LogP contribution in [0.4, 0.5) is 9.18 Å². The molecule has 0 heterocycles. The van der Waals surface area contributed by atoms with Crippen LogP contribution in [-0.4, -0.2) is 17.7 Å². The second-order valence-electron chi connectivity index (χ2n) is 4.17. The zero-order chi connectivity index (χ0) is 12.3. The lowest BCUT2D eigenvalue weighted by molar-refractivity contribution is 0.191. The summed E-state index contributed by atoms with van der Waals surface area (Å²) in [6.07, 6.45) is -1.13. The molecule has 0 aliphatic rings. The number of halogens is 2. The molecule has 0 aliphatic heterocycles. The summed E-state index contributed by atoms with van der Waals surface area (Å²) in [5.74, 6) is -0.387. The van der Waals surface area contributed by atoms with Crippen molar-refractivity contribution in [3.8, 4) is 0 Å². The minimum atomic E-state index is -1.13. The molecule has 0 aliphatic carbocycles. The van der Waals surface area contributed by atoms with E-state index in [0.29, 0.717) is 10.6 Å². The SMILES string of the molecule is CC(C)(CNC(=O)O)c1cc(Cl)ccc1F. The normalized spacial score (nSPS) is 11.2. The molecule has 0 saturated heterocycles. The Balaban J connectivity index is 2.96. The first-order valence-electron chi connectivity index (χ1n) is 4.75. The highest BCUT2D eigenvalue weighted by molar-refractivity contribution is 6.30. The molecule has 0 saturated carbocycles. The molecule has 0 fully saturated rings. The molecule has 16 heavy (non-hydrogen) atoms. The first-order valence-corrected chi connectivity index (χ1v) is 5.13. The Bertz CT molecular complexity index is 407. The number of hydrogen-bond donors (Lipinski definition) is 2. The quantitative estimate of drug-likeness (QED) is 0.860. The van der Waals surface area contributed by atoms with E-state index in [0.717, 1.165) is 0 Å². The monoisotopic (exact) mass is 245 g/mol. The van der Waals surface area contributed by atoms with Crippen LogP contribution in [0, 0.1) is 5.82 Å². The van der Waals surface area contributed by atoms with Crippen LogP contribution >= 0.6 is 11.6 Å². The predicted molar refractivity (Wildman–Crippen MR) is 60.5 cm³/mol. The van der Waals surface area contributed by atoms with Crippen molar-refractivity contribution in [2.45, 2.75) is 19.3 Å². The van der Waals surface area contributed by atoms with Gasteiger partial charge in [0.15, 0.2) is 0 Å². The van der Waals surface area contributed by atoms with Gasteiger partial charge in [-0.25, -0.2) is 9.18 Å². The van der Waals surface area contributed by atoms with Crippen LogP contribution in [0.25, 0.3) is 0 Å². The van der Waals surface area contributed by atoms with Crippen molar-refractivity contribution in [3.63, 3.8) is 0 Å². The van der Waals surface area contributed by atoms with Crippen LogP contribution in [0.3, 0.4) is 0 Å². The van der Waals surface area contributed by atoms with Crippen molar-refractivity contribution in [2.75, 3.05) is 6.54 Å². The number of rotatable bonds is 3. The van der Waals surface area contributed by atoms with E-state index in [1.807, 2.05) is 0 Å². The van der Waals surface area contributed by atoms with Crippen LogP contribution < -0.4 is 5.32 Å². The fourth-order valence-corrected chi connectivity index (χ4v) is 1.58. The Morgan fingerprint density at radius 3 is 2.75 bits per heavy atom. The maximum absolute atomic E-state index is 13.6. The summed E-state index contributed by atoms with van der Waals surface area (Å²) in [6, 6.07) is 4.25. The molecule has 1 rings (SSSR count). The van der Waals surface area contributed by atoms with E-state index in [-0.39, 0.29) is 12.4 Å². The van der Waals surface area contributed by atoms with Crippen molar-refractivity contribution in [1.29, 1.82) is 0 Å². The fraction of sp³-hybridized carbons (Fsp3) is 0.364. The molecule has 88 valence electrons. The van der Waals surface area contributed by atoms with Gasteiger partial charge in [-0.15, -0.1) is 0 Å². The first kappa shape index (κ1) is 12.8. The minimum absolute atomic E-state index is 0.125. The summed E-state index contributed by atoms with van der Waals surface area (Å²) in [4.78, 5) is 10.4. The Morgan fingerprint density at radius 1 is 1.56 bits per heavy atom. The van der Waals surface area contributed by atoms with Gasteiger partial charge in [-0.1, -0.05) is 25.4 Å². The maximum Gasteiger partial charge on any atom is 0.404 e. The summed E-state index contributed by atoms with van der Waals surface area (Å²) < 4.78 is 13.6. The molecule has 3 nitrogen and oxygen atoms in total. The molecule has 1 amide bonds. The number of benzene rings is 1. The molecule has 2 N–H and O–H groups in total. The minimum Gasteiger partial charge on any atom is -0.465 e. The van der Waals surface area contributed by atoms with Gasteiger partial charge in [0.05, 0.1) is 0 Å². The second kappa shape index (κ2) is 4.70.